The van der Waals surface area contributed by atoms with Crippen molar-refractivity contribution in [2.75, 3.05) is 0 Å². The quantitative estimate of drug-likeness (QED) is 0.878. The molecular weight excluding hydrogens is 271 g/mol. The number of hydrogen-bond donors (Lipinski definition) is 2. The van der Waals surface area contributed by atoms with Crippen molar-refractivity contribution in [2.24, 2.45) is 0 Å². The van der Waals surface area contributed by atoms with Crippen molar-refractivity contribution in [3.05, 3.63) is 35.4 Å². The first-order chi connectivity index (χ1) is 9.38. The first-order valence-corrected chi connectivity index (χ1v) is 6.54. The SMILES string of the molecule is O=C(N[C@@H]1CCCC[C@H]1O)c1ccc(C(F)(F)F)cc1. The van der Waals surface area contributed by atoms with Crippen molar-refractivity contribution in [3.63, 3.8) is 0 Å². The van der Waals surface area contributed by atoms with Crippen molar-refractivity contribution in [1.82, 2.24) is 5.32 Å². The van der Waals surface area contributed by atoms with Crippen LogP contribution in [0.15, 0.2) is 24.3 Å². The molecule has 20 heavy (non-hydrogen) atoms. The molecule has 2 atom stereocenters. The van der Waals surface area contributed by atoms with Gasteiger partial charge in [-0.15, -0.1) is 0 Å². The summed E-state index contributed by atoms with van der Waals surface area (Å²) in [6.07, 6.45) is -1.81. The summed E-state index contributed by atoms with van der Waals surface area (Å²) in [6.45, 7) is 0. The number of carbonyl (C=O) groups is 1. The topological polar surface area (TPSA) is 49.3 Å². The smallest absolute Gasteiger partial charge is 0.391 e. The summed E-state index contributed by atoms with van der Waals surface area (Å²) in [6, 6.07) is 3.73. The molecule has 2 N–H and O–H groups in total. The molecular formula is C14H16F3NO2. The Morgan fingerprint density at radius 3 is 2.30 bits per heavy atom. The minimum atomic E-state index is -4.41. The van der Waals surface area contributed by atoms with Gasteiger partial charge in [-0.2, -0.15) is 13.2 Å². The van der Waals surface area contributed by atoms with Crippen molar-refractivity contribution >= 4 is 5.91 Å². The molecule has 1 saturated carbocycles. The van der Waals surface area contributed by atoms with E-state index in [1.807, 2.05) is 0 Å². The molecule has 6 heteroatoms. The molecule has 0 unspecified atom stereocenters. The minimum absolute atomic E-state index is 0.163. The molecule has 1 aliphatic carbocycles. The zero-order chi connectivity index (χ0) is 14.8. The predicted molar refractivity (Wildman–Crippen MR) is 67.2 cm³/mol. The first-order valence-electron chi connectivity index (χ1n) is 6.54. The molecule has 1 fully saturated rings. The fraction of sp³-hybridized carbons (Fsp3) is 0.500. The predicted octanol–water partition coefficient (Wildman–Crippen LogP) is 2.74. The van der Waals surface area contributed by atoms with Gasteiger partial charge in [0.1, 0.15) is 0 Å². The molecule has 1 amide bonds. The number of nitrogens with one attached hydrogen (secondary N) is 1. The van der Waals surface area contributed by atoms with Crippen LogP contribution in [-0.4, -0.2) is 23.2 Å². The van der Waals surface area contributed by atoms with Crippen LogP contribution in [0.2, 0.25) is 0 Å². The van der Waals surface area contributed by atoms with Crippen LogP contribution in [0.1, 0.15) is 41.6 Å². The van der Waals surface area contributed by atoms with E-state index in [9.17, 15) is 23.1 Å². The first kappa shape index (κ1) is 14.8. The summed E-state index contributed by atoms with van der Waals surface area (Å²) in [5.41, 5.74) is -0.623. The Morgan fingerprint density at radius 2 is 1.75 bits per heavy atom. The highest BCUT2D eigenvalue weighted by atomic mass is 19.4. The lowest BCUT2D eigenvalue weighted by Crippen LogP contribution is -2.45. The van der Waals surface area contributed by atoms with Gasteiger partial charge >= 0.3 is 6.18 Å². The normalized spacial score (nSPS) is 23.4. The third-order valence-electron chi connectivity index (χ3n) is 3.52. The van der Waals surface area contributed by atoms with Crippen LogP contribution in [0.4, 0.5) is 13.2 Å². The Kier molecular flexibility index (Phi) is 4.32. The van der Waals surface area contributed by atoms with Gasteiger partial charge in [0.2, 0.25) is 0 Å². The summed E-state index contributed by atoms with van der Waals surface area (Å²) in [5.74, 6) is -0.454. The Balaban J connectivity index is 2.02. The van der Waals surface area contributed by atoms with E-state index in [0.717, 1.165) is 37.1 Å². The van der Waals surface area contributed by atoms with Gasteiger partial charge in [0.05, 0.1) is 17.7 Å². The number of benzene rings is 1. The molecule has 0 aliphatic heterocycles. The second kappa shape index (κ2) is 5.83. The van der Waals surface area contributed by atoms with Crippen LogP contribution in [-0.2, 0) is 6.18 Å². The molecule has 1 aromatic carbocycles. The van der Waals surface area contributed by atoms with Gasteiger partial charge in [-0.05, 0) is 37.1 Å². The van der Waals surface area contributed by atoms with Crippen molar-refractivity contribution in [3.8, 4) is 0 Å². The summed E-state index contributed by atoms with van der Waals surface area (Å²) in [7, 11) is 0. The Labute approximate surface area is 114 Å². The van der Waals surface area contributed by atoms with E-state index in [-0.39, 0.29) is 11.6 Å². The number of aliphatic hydroxyl groups excluding tert-OH is 1. The van der Waals surface area contributed by atoms with Gasteiger partial charge in [-0.25, -0.2) is 0 Å². The molecule has 1 aromatic rings. The number of hydrogen-bond acceptors (Lipinski definition) is 2. The van der Waals surface area contributed by atoms with E-state index >= 15 is 0 Å². The number of halogens is 3. The molecule has 110 valence electrons. The van der Waals surface area contributed by atoms with Crippen LogP contribution in [0.5, 0.6) is 0 Å². The monoisotopic (exact) mass is 287 g/mol. The summed E-state index contributed by atoms with van der Waals surface area (Å²) < 4.78 is 37.2. The Bertz CT molecular complexity index is 470. The highest BCUT2D eigenvalue weighted by Crippen LogP contribution is 2.29. The maximum atomic E-state index is 12.4. The fourth-order valence-corrected chi connectivity index (χ4v) is 2.34. The zero-order valence-electron chi connectivity index (χ0n) is 10.8. The van der Waals surface area contributed by atoms with E-state index < -0.39 is 23.8 Å². The lowest BCUT2D eigenvalue weighted by atomic mass is 9.92. The van der Waals surface area contributed by atoms with Gasteiger partial charge in [0.25, 0.3) is 5.91 Å². The largest absolute Gasteiger partial charge is 0.416 e. The molecule has 2 rings (SSSR count). The van der Waals surface area contributed by atoms with Gasteiger partial charge in [-0.3, -0.25) is 4.79 Å². The molecule has 0 bridgehead atoms. The molecule has 0 radical (unpaired) electrons. The molecule has 1 aliphatic rings. The Hall–Kier alpha value is -1.56. The number of carbonyl (C=O) groups excluding carboxylic acids is 1. The molecule has 0 spiro atoms. The van der Waals surface area contributed by atoms with Crippen LogP contribution in [0, 0.1) is 0 Å². The summed E-state index contributed by atoms with van der Waals surface area (Å²) in [4.78, 5) is 11.9. The van der Waals surface area contributed by atoms with Crippen molar-refractivity contribution in [1.29, 1.82) is 0 Å². The maximum Gasteiger partial charge on any atom is 0.416 e. The van der Waals surface area contributed by atoms with Crippen molar-refractivity contribution in [2.45, 2.75) is 44.0 Å². The standard InChI is InChI=1S/C14H16F3NO2/c15-14(16,17)10-7-5-9(6-8-10)13(20)18-11-3-1-2-4-12(11)19/h5-8,11-12,19H,1-4H2,(H,18,20)/t11-,12-/m1/s1. The Morgan fingerprint density at radius 1 is 1.15 bits per heavy atom. The minimum Gasteiger partial charge on any atom is -0.391 e. The second-order valence-corrected chi connectivity index (χ2v) is 5.01. The van der Waals surface area contributed by atoms with Crippen LogP contribution in [0.3, 0.4) is 0 Å². The summed E-state index contributed by atoms with van der Waals surface area (Å²) in [5, 5.41) is 12.4. The molecule has 0 saturated heterocycles. The number of amides is 1. The molecule has 0 heterocycles. The third kappa shape index (κ3) is 3.50. The number of rotatable bonds is 2. The number of aliphatic hydroxyl groups is 1. The summed E-state index contributed by atoms with van der Waals surface area (Å²) >= 11 is 0. The van der Waals surface area contributed by atoms with E-state index in [2.05, 4.69) is 5.32 Å². The van der Waals surface area contributed by atoms with Crippen LogP contribution in [0.25, 0.3) is 0 Å². The van der Waals surface area contributed by atoms with E-state index in [1.54, 1.807) is 0 Å². The zero-order valence-corrected chi connectivity index (χ0v) is 10.8. The lowest BCUT2D eigenvalue weighted by Gasteiger charge is -2.28. The van der Waals surface area contributed by atoms with Crippen LogP contribution < -0.4 is 5.32 Å². The maximum absolute atomic E-state index is 12.4. The lowest BCUT2D eigenvalue weighted by molar-refractivity contribution is -0.137. The highest BCUT2D eigenvalue weighted by Gasteiger charge is 2.30. The fourth-order valence-electron chi connectivity index (χ4n) is 2.34. The average Bonchev–Trinajstić information content (AvgIpc) is 2.40. The van der Waals surface area contributed by atoms with E-state index in [1.165, 1.54) is 0 Å². The second-order valence-electron chi connectivity index (χ2n) is 5.01. The van der Waals surface area contributed by atoms with E-state index in [0.29, 0.717) is 12.8 Å². The highest BCUT2D eigenvalue weighted by molar-refractivity contribution is 5.94. The van der Waals surface area contributed by atoms with Gasteiger partial charge in [0.15, 0.2) is 0 Å². The third-order valence-corrected chi connectivity index (χ3v) is 3.52. The van der Waals surface area contributed by atoms with E-state index in [4.69, 9.17) is 0 Å². The average molecular weight is 287 g/mol. The van der Waals surface area contributed by atoms with Gasteiger partial charge in [-0.1, -0.05) is 12.8 Å². The van der Waals surface area contributed by atoms with Crippen molar-refractivity contribution < 1.29 is 23.1 Å². The number of alkyl halides is 3. The van der Waals surface area contributed by atoms with Gasteiger partial charge in [0, 0.05) is 5.56 Å². The van der Waals surface area contributed by atoms with Crippen LogP contribution >= 0.6 is 0 Å². The molecule has 0 aromatic heterocycles. The molecule has 3 nitrogen and oxygen atoms in total. The van der Waals surface area contributed by atoms with Gasteiger partial charge < -0.3 is 10.4 Å².